The molecular formula is C25H17Cl2N5O. The third-order valence-electron chi connectivity index (χ3n) is 5.65. The van der Waals surface area contributed by atoms with Crippen molar-refractivity contribution in [3.05, 3.63) is 93.9 Å². The topological polar surface area (TPSA) is 79.6 Å². The van der Waals surface area contributed by atoms with Crippen molar-refractivity contribution in [3.63, 3.8) is 0 Å². The van der Waals surface area contributed by atoms with Gasteiger partial charge in [0, 0.05) is 35.9 Å². The predicted molar refractivity (Wildman–Crippen MR) is 132 cm³/mol. The summed E-state index contributed by atoms with van der Waals surface area (Å²) < 4.78 is 5.51. The van der Waals surface area contributed by atoms with Gasteiger partial charge in [-0.1, -0.05) is 40.5 Å². The Hall–Kier alpha value is -3.61. The summed E-state index contributed by atoms with van der Waals surface area (Å²) in [6.45, 7) is 0.550. The number of nitrogens with one attached hydrogen (secondary N) is 2. The molecule has 0 fully saturated rings. The highest BCUT2D eigenvalue weighted by atomic mass is 35.5. The van der Waals surface area contributed by atoms with E-state index in [1.165, 1.54) is 5.56 Å². The first-order valence-electron chi connectivity index (χ1n) is 10.4. The smallest absolute Gasteiger partial charge is 0.177 e. The third-order valence-corrected chi connectivity index (χ3v) is 6.17. The number of H-pyrrole nitrogens is 1. The summed E-state index contributed by atoms with van der Waals surface area (Å²) in [5.74, 6) is 0.696. The molecule has 0 radical (unpaired) electrons. The highest BCUT2D eigenvalue weighted by Gasteiger charge is 2.11. The molecule has 0 spiro atoms. The highest BCUT2D eigenvalue weighted by Crippen LogP contribution is 2.27. The van der Waals surface area contributed by atoms with Crippen molar-refractivity contribution in [1.82, 2.24) is 20.1 Å². The molecule has 0 bridgehead atoms. The van der Waals surface area contributed by atoms with E-state index in [0.29, 0.717) is 22.4 Å². The van der Waals surface area contributed by atoms with E-state index >= 15 is 0 Å². The largest absolute Gasteiger partial charge is 0.363 e. The van der Waals surface area contributed by atoms with Crippen LogP contribution in [0.5, 0.6) is 0 Å². The van der Waals surface area contributed by atoms with Crippen LogP contribution >= 0.6 is 23.2 Å². The molecule has 6 aromatic rings. The molecule has 6 nitrogen and oxygen atoms in total. The van der Waals surface area contributed by atoms with Gasteiger partial charge in [0.05, 0.1) is 20.9 Å². The van der Waals surface area contributed by atoms with Gasteiger partial charge in [0.1, 0.15) is 5.65 Å². The lowest BCUT2D eigenvalue weighted by molar-refractivity contribution is 0.459. The molecule has 0 atom stereocenters. The Labute approximate surface area is 198 Å². The molecule has 4 heterocycles. The van der Waals surface area contributed by atoms with Crippen molar-refractivity contribution in [1.29, 1.82) is 0 Å². The number of hydrogen-bond donors (Lipinski definition) is 2. The summed E-state index contributed by atoms with van der Waals surface area (Å²) in [5, 5.41) is 11.7. The summed E-state index contributed by atoms with van der Waals surface area (Å²) >= 11 is 12.3. The first kappa shape index (κ1) is 20.0. The van der Waals surface area contributed by atoms with E-state index in [9.17, 15) is 0 Å². The van der Waals surface area contributed by atoms with Gasteiger partial charge >= 0.3 is 0 Å². The van der Waals surface area contributed by atoms with Gasteiger partial charge in [0.15, 0.2) is 11.4 Å². The molecule has 33 heavy (non-hydrogen) atoms. The van der Waals surface area contributed by atoms with Crippen molar-refractivity contribution < 1.29 is 4.52 Å². The molecule has 0 amide bonds. The third kappa shape index (κ3) is 3.88. The van der Waals surface area contributed by atoms with E-state index in [4.69, 9.17) is 27.7 Å². The fourth-order valence-electron chi connectivity index (χ4n) is 4.02. The van der Waals surface area contributed by atoms with Crippen LogP contribution in [0.3, 0.4) is 0 Å². The minimum atomic E-state index is 0.550. The molecule has 6 rings (SSSR count). The lowest BCUT2D eigenvalue weighted by Crippen LogP contribution is -2.00. The molecule has 0 saturated carbocycles. The van der Waals surface area contributed by atoms with Gasteiger partial charge in [0.2, 0.25) is 0 Å². The number of fused-ring (bicyclic) bond motifs is 3. The lowest BCUT2D eigenvalue weighted by atomic mass is 10.0. The van der Waals surface area contributed by atoms with Gasteiger partial charge < -0.3 is 14.8 Å². The number of halogens is 2. The van der Waals surface area contributed by atoms with Crippen LogP contribution in [0, 0.1) is 0 Å². The van der Waals surface area contributed by atoms with Crippen molar-refractivity contribution >= 4 is 61.9 Å². The summed E-state index contributed by atoms with van der Waals surface area (Å²) in [7, 11) is 0. The molecule has 2 aromatic carbocycles. The molecular weight excluding hydrogens is 457 g/mol. The number of rotatable bonds is 5. The Morgan fingerprint density at radius 1 is 0.879 bits per heavy atom. The Balaban J connectivity index is 1.25. The molecule has 4 aromatic heterocycles. The van der Waals surface area contributed by atoms with Crippen LogP contribution in [0.25, 0.3) is 32.9 Å². The molecule has 0 aliphatic heterocycles. The minimum Gasteiger partial charge on any atom is -0.363 e. The van der Waals surface area contributed by atoms with Gasteiger partial charge in [-0.3, -0.25) is 4.98 Å². The van der Waals surface area contributed by atoms with Crippen LogP contribution < -0.4 is 5.32 Å². The van der Waals surface area contributed by atoms with E-state index in [2.05, 4.69) is 49.7 Å². The van der Waals surface area contributed by atoms with E-state index in [1.807, 2.05) is 30.5 Å². The number of pyridine rings is 2. The summed E-state index contributed by atoms with van der Waals surface area (Å²) in [6, 6.07) is 16.3. The van der Waals surface area contributed by atoms with Crippen LogP contribution in [-0.4, -0.2) is 20.1 Å². The number of hydrogen-bond acceptors (Lipinski definition) is 5. The zero-order chi connectivity index (χ0) is 22.4. The van der Waals surface area contributed by atoms with Crippen molar-refractivity contribution in [2.24, 2.45) is 0 Å². The quantitative estimate of drug-likeness (QED) is 0.289. The van der Waals surface area contributed by atoms with Crippen LogP contribution in [0.15, 0.2) is 71.6 Å². The van der Waals surface area contributed by atoms with E-state index in [-0.39, 0.29) is 0 Å². The summed E-state index contributed by atoms with van der Waals surface area (Å²) in [5.41, 5.74) is 5.77. The normalized spacial score (nSPS) is 11.6. The zero-order valence-electron chi connectivity index (χ0n) is 17.3. The van der Waals surface area contributed by atoms with Crippen molar-refractivity contribution in [2.45, 2.75) is 13.0 Å². The highest BCUT2D eigenvalue weighted by molar-refractivity contribution is 6.35. The first-order chi connectivity index (χ1) is 16.1. The Morgan fingerprint density at radius 3 is 2.67 bits per heavy atom. The minimum absolute atomic E-state index is 0.550. The van der Waals surface area contributed by atoms with Gasteiger partial charge in [-0.2, -0.15) is 0 Å². The Morgan fingerprint density at radius 2 is 1.73 bits per heavy atom. The molecule has 0 saturated heterocycles. The maximum Gasteiger partial charge on any atom is 0.177 e. The molecule has 0 aliphatic rings. The molecule has 2 N–H and O–H groups in total. The Bertz CT molecular complexity index is 1640. The van der Waals surface area contributed by atoms with Crippen LogP contribution in [0.4, 0.5) is 5.82 Å². The Kier molecular flexibility index (Phi) is 4.89. The lowest BCUT2D eigenvalue weighted by Gasteiger charge is -2.06. The second-order valence-electron chi connectivity index (χ2n) is 7.95. The molecule has 0 aliphatic carbocycles. The van der Waals surface area contributed by atoms with Crippen molar-refractivity contribution in [2.75, 3.05) is 5.32 Å². The molecule has 0 unspecified atom stereocenters. The number of benzene rings is 2. The fourth-order valence-corrected chi connectivity index (χ4v) is 4.39. The number of anilines is 1. The SMILES string of the molecule is Clc1cnc2ccc(Cc3ccc4onc(NCc5cnc6[nH]cc(Cl)c6c5)c4c3)cc2c1. The second-order valence-corrected chi connectivity index (χ2v) is 8.79. The maximum absolute atomic E-state index is 6.22. The fraction of sp³-hybridized carbons (Fsp3) is 0.0800. The van der Waals surface area contributed by atoms with E-state index in [0.717, 1.165) is 50.5 Å². The second kappa shape index (κ2) is 8.06. The zero-order valence-corrected chi connectivity index (χ0v) is 18.8. The van der Waals surface area contributed by atoms with Gasteiger partial charge in [0.25, 0.3) is 0 Å². The van der Waals surface area contributed by atoms with Gasteiger partial charge in [-0.05, 0) is 59.5 Å². The average Bonchev–Trinajstić information content (AvgIpc) is 3.40. The summed E-state index contributed by atoms with van der Waals surface area (Å²) in [4.78, 5) is 11.8. The van der Waals surface area contributed by atoms with Gasteiger partial charge in [-0.15, -0.1) is 0 Å². The standard InChI is InChI=1S/C25H17Cl2N5O/c26-18-9-17-6-14(1-3-22(17)28-12-18)5-15-2-4-23-20(7-15)25(32-33-23)30-11-16-8-19-21(27)13-31-24(19)29-10-16/h1-4,6-10,12-13H,5,11H2,(H,29,31)(H,30,32). The van der Waals surface area contributed by atoms with Crippen LogP contribution in [-0.2, 0) is 13.0 Å². The van der Waals surface area contributed by atoms with E-state index in [1.54, 1.807) is 12.4 Å². The van der Waals surface area contributed by atoms with Gasteiger partial charge in [-0.25, -0.2) is 4.98 Å². The molecule has 162 valence electrons. The first-order valence-corrected chi connectivity index (χ1v) is 11.2. The summed E-state index contributed by atoms with van der Waals surface area (Å²) in [6.07, 6.45) is 6.00. The number of aromatic nitrogens is 4. The van der Waals surface area contributed by atoms with Crippen LogP contribution in [0.1, 0.15) is 16.7 Å². The van der Waals surface area contributed by atoms with E-state index < -0.39 is 0 Å². The van der Waals surface area contributed by atoms with Crippen LogP contribution in [0.2, 0.25) is 10.0 Å². The number of nitrogens with zero attached hydrogens (tertiary/aromatic N) is 3. The number of aromatic amines is 1. The monoisotopic (exact) mass is 473 g/mol. The predicted octanol–water partition coefficient (Wildman–Crippen LogP) is 6.76. The maximum atomic E-state index is 6.22. The average molecular weight is 474 g/mol. The molecule has 8 heteroatoms. The van der Waals surface area contributed by atoms with Crippen molar-refractivity contribution in [3.8, 4) is 0 Å².